The number of pyridine rings is 1. The summed E-state index contributed by atoms with van der Waals surface area (Å²) >= 11 is 3.27. The molecule has 1 aromatic rings. The normalized spacial score (nSPS) is 11.9. The van der Waals surface area contributed by atoms with Crippen LogP contribution < -0.4 is 0 Å². The number of ether oxygens (including phenoxy) is 1. The van der Waals surface area contributed by atoms with Gasteiger partial charge in [-0.05, 0) is 41.4 Å². The van der Waals surface area contributed by atoms with Crippen LogP contribution in [0.1, 0.15) is 37.2 Å². The van der Waals surface area contributed by atoms with E-state index in [2.05, 4.69) is 20.9 Å². The third-order valence-corrected chi connectivity index (χ3v) is 3.10. The minimum Gasteiger partial charge on any atom is -0.465 e. The number of carbonyl (C=O) groups excluding carboxylic acids is 2. The number of ketones is 1. The van der Waals surface area contributed by atoms with Crippen molar-refractivity contribution in [1.82, 2.24) is 4.98 Å². The molecule has 98 valence electrons. The quantitative estimate of drug-likeness (QED) is 0.460. The third kappa shape index (κ3) is 3.63. The summed E-state index contributed by atoms with van der Waals surface area (Å²) in [5.74, 6) is -1.52. The lowest BCUT2D eigenvalue weighted by molar-refractivity contribution is -0.146. The van der Waals surface area contributed by atoms with Crippen LogP contribution in [-0.4, -0.2) is 23.3 Å². The van der Waals surface area contributed by atoms with Crippen molar-refractivity contribution in [3.05, 3.63) is 28.5 Å². The van der Waals surface area contributed by atoms with E-state index in [1.165, 1.54) is 6.20 Å². The number of aromatic nitrogens is 1. The number of halogens is 1. The first kappa shape index (κ1) is 14.8. The molecule has 1 heterocycles. The molecule has 0 aliphatic rings. The van der Waals surface area contributed by atoms with E-state index in [1.807, 2.05) is 6.92 Å². The van der Waals surface area contributed by atoms with Crippen molar-refractivity contribution in [2.24, 2.45) is 5.92 Å². The van der Waals surface area contributed by atoms with Crippen LogP contribution in [0, 0.1) is 5.92 Å². The Morgan fingerprint density at radius 3 is 2.72 bits per heavy atom. The van der Waals surface area contributed by atoms with Crippen molar-refractivity contribution >= 4 is 27.7 Å². The van der Waals surface area contributed by atoms with E-state index in [-0.39, 0.29) is 18.1 Å². The van der Waals surface area contributed by atoms with Crippen LogP contribution >= 0.6 is 15.9 Å². The van der Waals surface area contributed by atoms with Crippen molar-refractivity contribution in [2.45, 2.75) is 26.7 Å². The number of nitrogens with zero attached hydrogens (tertiary/aromatic N) is 1. The minimum absolute atomic E-state index is 0.274. The maximum atomic E-state index is 12.3. The van der Waals surface area contributed by atoms with Gasteiger partial charge in [0.05, 0.1) is 6.61 Å². The topological polar surface area (TPSA) is 56.3 Å². The predicted octanol–water partition coefficient (Wildman–Crippen LogP) is 3.01. The van der Waals surface area contributed by atoms with Gasteiger partial charge in [0.2, 0.25) is 0 Å². The van der Waals surface area contributed by atoms with Gasteiger partial charge in [0, 0.05) is 10.7 Å². The lowest BCUT2D eigenvalue weighted by Crippen LogP contribution is -2.27. The van der Waals surface area contributed by atoms with Crippen LogP contribution in [0.4, 0.5) is 0 Å². The molecule has 0 bridgehead atoms. The van der Waals surface area contributed by atoms with Crippen molar-refractivity contribution in [3.8, 4) is 0 Å². The zero-order valence-electron chi connectivity index (χ0n) is 10.5. The molecule has 0 amide bonds. The average Bonchev–Trinajstić information content (AvgIpc) is 2.36. The van der Waals surface area contributed by atoms with Gasteiger partial charge in [0.1, 0.15) is 11.6 Å². The average molecular weight is 314 g/mol. The molecule has 0 saturated heterocycles. The molecule has 0 N–H and O–H groups in total. The molecule has 0 aromatic carbocycles. The van der Waals surface area contributed by atoms with Gasteiger partial charge in [0.15, 0.2) is 5.78 Å². The van der Waals surface area contributed by atoms with Gasteiger partial charge in [-0.25, -0.2) is 0 Å². The lowest BCUT2D eigenvalue weighted by Gasteiger charge is -2.13. The van der Waals surface area contributed by atoms with Gasteiger partial charge in [-0.15, -0.1) is 0 Å². The summed E-state index contributed by atoms with van der Waals surface area (Å²) < 4.78 is 5.53. The number of carbonyl (C=O) groups is 2. The summed E-state index contributed by atoms with van der Waals surface area (Å²) in [5.41, 5.74) is 0.281. The summed E-state index contributed by atoms with van der Waals surface area (Å²) in [4.78, 5) is 28.1. The zero-order valence-corrected chi connectivity index (χ0v) is 12.1. The summed E-state index contributed by atoms with van der Waals surface area (Å²) in [7, 11) is 0. The minimum atomic E-state index is -0.763. The maximum absolute atomic E-state index is 12.3. The Morgan fingerprint density at radius 1 is 1.44 bits per heavy atom. The molecule has 4 nitrogen and oxygen atoms in total. The van der Waals surface area contributed by atoms with Crippen molar-refractivity contribution in [2.75, 3.05) is 6.61 Å². The number of hydrogen-bond acceptors (Lipinski definition) is 4. The number of rotatable bonds is 6. The van der Waals surface area contributed by atoms with E-state index in [0.717, 1.165) is 6.42 Å². The first-order chi connectivity index (χ1) is 8.61. The standard InChI is InChI=1S/C13H16BrNO3/c1-3-6-9(13(17)18-4-2)12(16)11-10(14)7-5-8-15-11/h5,7-9H,3-4,6H2,1-2H3. The van der Waals surface area contributed by atoms with Crippen LogP contribution in [0.25, 0.3) is 0 Å². The van der Waals surface area contributed by atoms with Crippen LogP contribution in [0.5, 0.6) is 0 Å². The van der Waals surface area contributed by atoms with Crippen LogP contribution in [0.3, 0.4) is 0 Å². The molecule has 5 heteroatoms. The van der Waals surface area contributed by atoms with Crippen molar-refractivity contribution in [1.29, 1.82) is 0 Å². The first-order valence-corrected chi connectivity index (χ1v) is 6.72. The fraction of sp³-hybridized carbons (Fsp3) is 0.462. The van der Waals surface area contributed by atoms with Crippen LogP contribution in [-0.2, 0) is 9.53 Å². The Morgan fingerprint density at radius 2 is 2.17 bits per heavy atom. The molecule has 1 aromatic heterocycles. The first-order valence-electron chi connectivity index (χ1n) is 5.93. The summed E-state index contributed by atoms with van der Waals surface area (Å²) in [6.45, 7) is 3.92. The second-order valence-corrected chi connectivity index (χ2v) is 4.65. The Bertz CT molecular complexity index is 434. The van der Waals surface area contributed by atoms with Crippen LogP contribution in [0.2, 0.25) is 0 Å². The highest BCUT2D eigenvalue weighted by Gasteiger charge is 2.29. The van der Waals surface area contributed by atoms with Gasteiger partial charge < -0.3 is 4.74 Å². The summed E-state index contributed by atoms with van der Waals surface area (Å²) in [6, 6.07) is 3.45. The highest BCUT2D eigenvalue weighted by Crippen LogP contribution is 2.21. The highest BCUT2D eigenvalue weighted by molar-refractivity contribution is 9.10. The van der Waals surface area contributed by atoms with E-state index < -0.39 is 11.9 Å². The molecule has 18 heavy (non-hydrogen) atoms. The molecule has 1 atom stereocenters. The van der Waals surface area contributed by atoms with Gasteiger partial charge in [0.25, 0.3) is 0 Å². The molecular weight excluding hydrogens is 298 g/mol. The highest BCUT2D eigenvalue weighted by atomic mass is 79.9. The Kier molecular flexibility index (Phi) is 5.98. The molecule has 1 unspecified atom stereocenters. The molecule has 0 saturated carbocycles. The lowest BCUT2D eigenvalue weighted by atomic mass is 9.96. The Labute approximate surface area is 115 Å². The van der Waals surface area contributed by atoms with Crippen molar-refractivity contribution < 1.29 is 14.3 Å². The van der Waals surface area contributed by atoms with Crippen LogP contribution in [0.15, 0.2) is 22.8 Å². The molecule has 0 spiro atoms. The largest absolute Gasteiger partial charge is 0.465 e. The predicted molar refractivity (Wildman–Crippen MR) is 71.3 cm³/mol. The van der Waals surface area contributed by atoms with Gasteiger partial charge in [-0.1, -0.05) is 13.3 Å². The number of esters is 1. The molecule has 0 aliphatic heterocycles. The molecule has 0 radical (unpaired) electrons. The second-order valence-electron chi connectivity index (χ2n) is 3.79. The monoisotopic (exact) mass is 313 g/mol. The fourth-order valence-electron chi connectivity index (χ4n) is 1.62. The Hall–Kier alpha value is -1.23. The third-order valence-electron chi connectivity index (χ3n) is 2.46. The fourth-order valence-corrected chi connectivity index (χ4v) is 2.07. The molecule has 0 fully saturated rings. The van der Waals surface area contributed by atoms with Gasteiger partial charge >= 0.3 is 5.97 Å². The zero-order chi connectivity index (χ0) is 13.5. The molecule has 1 rings (SSSR count). The van der Waals surface area contributed by atoms with E-state index in [1.54, 1.807) is 19.1 Å². The SMILES string of the molecule is CCCC(C(=O)OCC)C(=O)c1ncccc1Br. The van der Waals surface area contributed by atoms with Gasteiger partial charge in [-0.2, -0.15) is 0 Å². The Balaban J connectivity index is 2.96. The van der Waals surface area contributed by atoms with E-state index in [4.69, 9.17) is 4.74 Å². The van der Waals surface area contributed by atoms with E-state index >= 15 is 0 Å². The van der Waals surface area contributed by atoms with Gasteiger partial charge in [-0.3, -0.25) is 14.6 Å². The number of hydrogen-bond donors (Lipinski definition) is 0. The maximum Gasteiger partial charge on any atom is 0.316 e. The number of Topliss-reactive ketones (excluding diaryl/α,β-unsaturated/α-hetero) is 1. The summed E-state index contributed by atoms with van der Waals surface area (Å²) in [5, 5.41) is 0. The smallest absolute Gasteiger partial charge is 0.316 e. The van der Waals surface area contributed by atoms with E-state index in [9.17, 15) is 9.59 Å². The van der Waals surface area contributed by atoms with E-state index in [0.29, 0.717) is 10.9 Å². The second kappa shape index (κ2) is 7.26. The molecule has 0 aliphatic carbocycles. The molecular formula is C13H16BrNO3. The van der Waals surface area contributed by atoms with Crippen molar-refractivity contribution in [3.63, 3.8) is 0 Å². The summed E-state index contributed by atoms with van der Waals surface area (Å²) in [6.07, 6.45) is 2.74.